The highest BCUT2D eigenvalue weighted by molar-refractivity contribution is 5.80. The molecule has 1 amide bonds. The van der Waals surface area contributed by atoms with Gasteiger partial charge >= 0.3 is 0 Å². The van der Waals surface area contributed by atoms with Gasteiger partial charge < -0.3 is 10.0 Å². The summed E-state index contributed by atoms with van der Waals surface area (Å²) in [7, 11) is 0. The van der Waals surface area contributed by atoms with Gasteiger partial charge in [-0.05, 0) is 31.1 Å². The lowest BCUT2D eigenvalue weighted by molar-refractivity contribution is -0.138. The molecule has 1 aliphatic heterocycles. The molecular formula is C13H23NO2. The highest BCUT2D eigenvalue weighted by Gasteiger charge is 2.39. The van der Waals surface area contributed by atoms with Gasteiger partial charge in [-0.2, -0.15) is 0 Å². The molecule has 0 aromatic heterocycles. The first-order valence-corrected chi connectivity index (χ1v) is 6.56. The van der Waals surface area contributed by atoms with E-state index in [2.05, 4.69) is 13.8 Å². The average Bonchev–Trinajstić information content (AvgIpc) is 2.83. The molecule has 4 atom stereocenters. The van der Waals surface area contributed by atoms with Crippen LogP contribution in [0.2, 0.25) is 0 Å². The Kier molecular flexibility index (Phi) is 3.53. The summed E-state index contributed by atoms with van der Waals surface area (Å²) in [4.78, 5) is 14.3. The predicted octanol–water partition coefficient (Wildman–Crippen LogP) is 1.65. The van der Waals surface area contributed by atoms with Gasteiger partial charge in [-0.15, -0.1) is 0 Å². The number of nitrogens with zero attached hydrogens (tertiary/aromatic N) is 1. The molecule has 2 rings (SSSR count). The molecule has 0 spiro atoms. The fourth-order valence-electron chi connectivity index (χ4n) is 3.29. The lowest BCUT2D eigenvalue weighted by Gasteiger charge is -2.29. The number of aliphatic hydroxyl groups is 1. The van der Waals surface area contributed by atoms with Gasteiger partial charge in [-0.3, -0.25) is 4.79 Å². The van der Waals surface area contributed by atoms with E-state index in [9.17, 15) is 9.90 Å². The minimum atomic E-state index is 0.0697. The molecule has 1 heterocycles. The number of amides is 1. The third kappa shape index (κ3) is 1.97. The van der Waals surface area contributed by atoms with Crippen molar-refractivity contribution in [1.82, 2.24) is 4.90 Å². The summed E-state index contributed by atoms with van der Waals surface area (Å²) in [6, 6.07) is 0.0697. The van der Waals surface area contributed by atoms with Crippen molar-refractivity contribution in [2.24, 2.45) is 17.8 Å². The smallest absolute Gasteiger partial charge is 0.226 e. The average molecular weight is 225 g/mol. The van der Waals surface area contributed by atoms with E-state index in [1.165, 1.54) is 12.8 Å². The zero-order chi connectivity index (χ0) is 11.7. The number of carbonyl (C=O) groups is 1. The standard InChI is InChI=1S/C13H23NO2/c1-9-4-3-5-11(9)13(16)14-7-6-10(2)12(14)8-15/h9-12,15H,3-8H2,1-2H3. The lowest BCUT2D eigenvalue weighted by Crippen LogP contribution is -2.43. The molecule has 0 bridgehead atoms. The van der Waals surface area contributed by atoms with Gasteiger partial charge in [0.1, 0.15) is 0 Å². The summed E-state index contributed by atoms with van der Waals surface area (Å²) in [6.07, 6.45) is 4.45. The number of likely N-dealkylation sites (tertiary alicyclic amines) is 1. The molecule has 1 aliphatic carbocycles. The zero-order valence-electron chi connectivity index (χ0n) is 10.4. The highest BCUT2D eigenvalue weighted by Crippen LogP contribution is 2.35. The van der Waals surface area contributed by atoms with E-state index < -0.39 is 0 Å². The molecule has 4 unspecified atom stereocenters. The van der Waals surface area contributed by atoms with Crippen molar-refractivity contribution in [3.05, 3.63) is 0 Å². The summed E-state index contributed by atoms with van der Waals surface area (Å²) >= 11 is 0. The summed E-state index contributed by atoms with van der Waals surface area (Å²) in [5.41, 5.74) is 0. The van der Waals surface area contributed by atoms with Gasteiger partial charge in [-0.1, -0.05) is 20.3 Å². The van der Waals surface area contributed by atoms with Gasteiger partial charge in [-0.25, -0.2) is 0 Å². The molecule has 2 aliphatic rings. The Morgan fingerprint density at radius 1 is 1.25 bits per heavy atom. The minimum Gasteiger partial charge on any atom is -0.394 e. The van der Waals surface area contributed by atoms with E-state index in [4.69, 9.17) is 0 Å². The quantitative estimate of drug-likeness (QED) is 0.776. The Morgan fingerprint density at radius 3 is 2.56 bits per heavy atom. The summed E-state index contributed by atoms with van der Waals surface area (Å²) < 4.78 is 0. The number of aliphatic hydroxyl groups excluding tert-OH is 1. The molecule has 0 aromatic rings. The third-order valence-electron chi connectivity index (χ3n) is 4.53. The molecule has 2 fully saturated rings. The summed E-state index contributed by atoms with van der Waals surface area (Å²) in [6.45, 7) is 5.28. The summed E-state index contributed by atoms with van der Waals surface area (Å²) in [5.74, 6) is 1.50. The largest absolute Gasteiger partial charge is 0.394 e. The van der Waals surface area contributed by atoms with Crippen LogP contribution in [0.3, 0.4) is 0 Å². The van der Waals surface area contributed by atoms with Crippen LogP contribution in [-0.2, 0) is 4.79 Å². The van der Waals surface area contributed by atoms with E-state index in [1.54, 1.807) is 0 Å². The van der Waals surface area contributed by atoms with Gasteiger partial charge in [0.2, 0.25) is 5.91 Å². The van der Waals surface area contributed by atoms with Gasteiger partial charge in [0.25, 0.3) is 0 Å². The topological polar surface area (TPSA) is 40.5 Å². The Labute approximate surface area is 97.8 Å². The van der Waals surface area contributed by atoms with Crippen LogP contribution in [0.25, 0.3) is 0 Å². The van der Waals surface area contributed by atoms with Crippen LogP contribution in [-0.4, -0.2) is 35.1 Å². The first-order valence-electron chi connectivity index (χ1n) is 6.56. The molecule has 1 N–H and O–H groups in total. The van der Waals surface area contributed by atoms with E-state index in [-0.39, 0.29) is 18.6 Å². The van der Waals surface area contributed by atoms with Crippen LogP contribution in [0.15, 0.2) is 0 Å². The van der Waals surface area contributed by atoms with Crippen molar-refractivity contribution < 1.29 is 9.90 Å². The molecule has 0 radical (unpaired) electrons. The maximum absolute atomic E-state index is 12.4. The molecule has 3 nitrogen and oxygen atoms in total. The third-order valence-corrected chi connectivity index (χ3v) is 4.53. The van der Waals surface area contributed by atoms with Crippen molar-refractivity contribution in [2.45, 2.75) is 45.6 Å². The fourth-order valence-corrected chi connectivity index (χ4v) is 3.29. The Morgan fingerprint density at radius 2 is 2.00 bits per heavy atom. The number of hydrogen-bond acceptors (Lipinski definition) is 2. The molecule has 1 saturated heterocycles. The van der Waals surface area contributed by atoms with Crippen molar-refractivity contribution >= 4 is 5.91 Å². The predicted molar refractivity (Wildman–Crippen MR) is 62.9 cm³/mol. The Bertz CT molecular complexity index is 267. The Balaban J connectivity index is 2.04. The molecule has 3 heteroatoms. The second-order valence-corrected chi connectivity index (χ2v) is 5.56. The van der Waals surface area contributed by atoms with E-state index in [0.29, 0.717) is 17.7 Å². The van der Waals surface area contributed by atoms with Crippen LogP contribution in [0, 0.1) is 17.8 Å². The van der Waals surface area contributed by atoms with Crippen LogP contribution in [0.1, 0.15) is 39.5 Å². The molecule has 1 saturated carbocycles. The van der Waals surface area contributed by atoms with E-state index >= 15 is 0 Å². The van der Waals surface area contributed by atoms with E-state index in [0.717, 1.165) is 19.4 Å². The van der Waals surface area contributed by atoms with Crippen LogP contribution in [0.5, 0.6) is 0 Å². The second kappa shape index (κ2) is 4.74. The number of rotatable bonds is 2. The Hall–Kier alpha value is -0.570. The van der Waals surface area contributed by atoms with Crippen molar-refractivity contribution in [2.75, 3.05) is 13.2 Å². The normalized spacial score (nSPS) is 39.3. The first kappa shape index (κ1) is 11.9. The highest BCUT2D eigenvalue weighted by atomic mass is 16.3. The van der Waals surface area contributed by atoms with Gasteiger partial charge in [0, 0.05) is 12.5 Å². The SMILES string of the molecule is CC1CCCC1C(=O)N1CCC(C)C1CO. The molecule has 0 aromatic carbocycles. The number of carbonyl (C=O) groups excluding carboxylic acids is 1. The van der Waals surface area contributed by atoms with Crippen LogP contribution in [0.4, 0.5) is 0 Å². The van der Waals surface area contributed by atoms with Crippen molar-refractivity contribution in [1.29, 1.82) is 0 Å². The molecule has 92 valence electrons. The van der Waals surface area contributed by atoms with Crippen molar-refractivity contribution in [3.8, 4) is 0 Å². The van der Waals surface area contributed by atoms with Gasteiger partial charge in [0.05, 0.1) is 12.6 Å². The lowest BCUT2D eigenvalue weighted by atomic mass is 9.96. The maximum atomic E-state index is 12.4. The maximum Gasteiger partial charge on any atom is 0.226 e. The second-order valence-electron chi connectivity index (χ2n) is 5.56. The molecule has 16 heavy (non-hydrogen) atoms. The van der Waals surface area contributed by atoms with Crippen molar-refractivity contribution in [3.63, 3.8) is 0 Å². The molecular weight excluding hydrogens is 202 g/mol. The van der Waals surface area contributed by atoms with E-state index in [1.807, 2.05) is 4.90 Å². The van der Waals surface area contributed by atoms with Crippen LogP contribution >= 0.6 is 0 Å². The van der Waals surface area contributed by atoms with Gasteiger partial charge in [0.15, 0.2) is 0 Å². The van der Waals surface area contributed by atoms with Crippen LogP contribution < -0.4 is 0 Å². The minimum absolute atomic E-state index is 0.0697. The zero-order valence-corrected chi connectivity index (χ0v) is 10.4. The fraction of sp³-hybridized carbons (Fsp3) is 0.923. The monoisotopic (exact) mass is 225 g/mol. The summed E-state index contributed by atoms with van der Waals surface area (Å²) in [5, 5.41) is 9.37. The number of hydrogen-bond donors (Lipinski definition) is 1. The first-order chi connectivity index (χ1) is 7.65.